The molecule has 0 aliphatic carbocycles. The standard InChI is InChI=1S/C12H15BrO3/c13-10-8-16-12(6-11(10)14)15-7-9-4-2-1-3-5-9/h1-5,10-12,14H,6-8H2. The highest BCUT2D eigenvalue weighted by atomic mass is 79.9. The molecule has 1 aliphatic rings. The lowest BCUT2D eigenvalue weighted by atomic mass is 10.1. The maximum Gasteiger partial charge on any atom is 0.160 e. The van der Waals surface area contributed by atoms with E-state index in [9.17, 15) is 5.11 Å². The highest BCUT2D eigenvalue weighted by Crippen LogP contribution is 2.21. The first-order chi connectivity index (χ1) is 7.75. The molecule has 2 rings (SSSR count). The fourth-order valence-corrected chi connectivity index (χ4v) is 1.97. The Morgan fingerprint density at radius 3 is 2.81 bits per heavy atom. The second kappa shape index (κ2) is 5.77. The normalized spacial score (nSPS) is 30.2. The van der Waals surface area contributed by atoms with Crippen LogP contribution in [0.3, 0.4) is 0 Å². The predicted molar refractivity (Wildman–Crippen MR) is 64.3 cm³/mol. The van der Waals surface area contributed by atoms with Gasteiger partial charge in [-0.15, -0.1) is 0 Å². The van der Waals surface area contributed by atoms with E-state index in [0.29, 0.717) is 19.6 Å². The Hall–Kier alpha value is -0.420. The van der Waals surface area contributed by atoms with Gasteiger partial charge >= 0.3 is 0 Å². The first kappa shape index (κ1) is 12.0. The van der Waals surface area contributed by atoms with Crippen molar-refractivity contribution < 1.29 is 14.6 Å². The number of aliphatic hydroxyl groups excluding tert-OH is 1. The molecule has 0 bridgehead atoms. The van der Waals surface area contributed by atoms with E-state index in [1.54, 1.807) is 0 Å². The van der Waals surface area contributed by atoms with Gasteiger partial charge in [0, 0.05) is 6.42 Å². The summed E-state index contributed by atoms with van der Waals surface area (Å²) in [5, 5.41) is 9.64. The number of hydrogen-bond acceptors (Lipinski definition) is 3. The Labute approximate surface area is 104 Å². The Morgan fingerprint density at radius 2 is 2.12 bits per heavy atom. The molecule has 4 heteroatoms. The summed E-state index contributed by atoms with van der Waals surface area (Å²) in [4.78, 5) is 0.0177. The molecule has 1 heterocycles. The molecule has 3 atom stereocenters. The zero-order chi connectivity index (χ0) is 11.4. The quantitative estimate of drug-likeness (QED) is 0.865. The van der Waals surface area contributed by atoms with Gasteiger partial charge in [0.1, 0.15) is 0 Å². The van der Waals surface area contributed by atoms with Gasteiger partial charge in [0.05, 0.1) is 24.1 Å². The second-order valence-electron chi connectivity index (χ2n) is 3.88. The summed E-state index contributed by atoms with van der Waals surface area (Å²) < 4.78 is 11.0. The summed E-state index contributed by atoms with van der Waals surface area (Å²) in [5.74, 6) is 0. The lowest BCUT2D eigenvalue weighted by molar-refractivity contribution is -0.187. The molecule has 3 nitrogen and oxygen atoms in total. The van der Waals surface area contributed by atoms with E-state index in [2.05, 4.69) is 15.9 Å². The van der Waals surface area contributed by atoms with Crippen molar-refractivity contribution in [2.24, 2.45) is 0 Å². The lowest BCUT2D eigenvalue weighted by Gasteiger charge is -2.30. The average molecular weight is 287 g/mol. The monoisotopic (exact) mass is 286 g/mol. The van der Waals surface area contributed by atoms with Crippen LogP contribution in [-0.4, -0.2) is 28.9 Å². The number of rotatable bonds is 3. The minimum absolute atomic E-state index is 0.0177. The van der Waals surface area contributed by atoms with Crippen molar-refractivity contribution in [3.63, 3.8) is 0 Å². The highest BCUT2D eigenvalue weighted by Gasteiger charge is 2.28. The van der Waals surface area contributed by atoms with Gasteiger partial charge < -0.3 is 14.6 Å². The smallest absolute Gasteiger partial charge is 0.160 e. The molecule has 1 fully saturated rings. The van der Waals surface area contributed by atoms with Crippen LogP contribution in [0.5, 0.6) is 0 Å². The molecular formula is C12H15BrO3. The molecule has 0 radical (unpaired) electrons. The topological polar surface area (TPSA) is 38.7 Å². The van der Waals surface area contributed by atoms with Crippen LogP contribution in [0.1, 0.15) is 12.0 Å². The molecule has 1 aromatic carbocycles. The van der Waals surface area contributed by atoms with Gasteiger partial charge in [-0.05, 0) is 5.56 Å². The van der Waals surface area contributed by atoms with Gasteiger partial charge in [-0.1, -0.05) is 46.3 Å². The number of halogens is 1. The van der Waals surface area contributed by atoms with Crippen molar-refractivity contribution in [3.8, 4) is 0 Å². The van der Waals surface area contributed by atoms with E-state index in [1.165, 1.54) is 0 Å². The SMILES string of the molecule is OC1CC(OCc2ccccc2)OCC1Br. The molecule has 88 valence electrons. The van der Waals surface area contributed by atoms with Crippen LogP contribution >= 0.6 is 15.9 Å². The van der Waals surface area contributed by atoms with Crippen LogP contribution in [-0.2, 0) is 16.1 Å². The average Bonchev–Trinajstić information content (AvgIpc) is 2.32. The highest BCUT2D eigenvalue weighted by molar-refractivity contribution is 9.09. The van der Waals surface area contributed by atoms with Gasteiger partial charge in [0.2, 0.25) is 0 Å². The van der Waals surface area contributed by atoms with E-state index in [-0.39, 0.29) is 11.1 Å². The molecule has 0 saturated carbocycles. The van der Waals surface area contributed by atoms with Crippen molar-refractivity contribution in [2.75, 3.05) is 6.61 Å². The number of aliphatic hydroxyl groups is 1. The van der Waals surface area contributed by atoms with Crippen LogP contribution in [0.2, 0.25) is 0 Å². The van der Waals surface area contributed by atoms with Gasteiger partial charge in [0.25, 0.3) is 0 Å². The van der Waals surface area contributed by atoms with Crippen molar-refractivity contribution in [1.29, 1.82) is 0 Å². The summed E-state index contributed by atoms with van der Waals surface area (Å²) in [6.45, 7) is 1.01. The van der Waals surface area contributed by atoms with E-state index >= 15 is 0 Å². The number of ether oxygens (including phenoxy) is 2. The maximum absolute atomic E-state index is 9.64. The Morgan fingerprint density at radius 1 is 1.38 bits per heavy atom. The van der Waals surface area contributed by atoms with Crippen LogP contribution in [0.25, 0.3) is 0 Å². The predicted octanol–water partition coefficient (Wildman–Crippen LogP) is 2.07. The molecule has 1 aliphatic heterocycles. The van der Waals surface area contributed by atoms with Crippen molar-refractivity contribution in [3.05, 3.63) is 35.9 Å². The molecule has 1 N–H and O–H groups in total. The van der Waals surface area contributed by atoms with Gasteiger partial charge in [0.15, 0.2) is 6.29 Å². The van der Waals surface area contributed by atoms with Gasteiger partial charge in [-0.3, -0.25) is 0 Å². The van der Waals surface area contributed by atoms with Crippen LogP contribution in [0, 0.1) is 0 Å². The van der Waals surface area contributed by atoms with Gasteiger partial charge in [-0.25, -0.2) is 0 Å². The zero-order valence-corrected chi connectivity index (χ0v) is 10.5. The molecule has 0 spiro atoms. The molecule has 1 aromatic rings. The Bertz CT molecular complexity index is 317. The minimum atomic E-state index is -0.394. The first-order valence-electron chi connectivity index (χ1n) is 5.35. The van der Waals surface area contributed by atoms with E-state index in [4.69, 9.17) is 9.47 Å². The summed E-state index contributed by atoms with van der Waals surface area (Å²) in [5.41, 5.74) is 1.11. The summed E-state index contributed by atoms with van der Waals surface area (Å²) in [6, 6.07) is 9.94. The maximum atomic E-state index is 9.64. The third kappa shape index (κ3) is 3.28. The van der Waals surface area contributed by atoms with Gasteiger partial charge in [-0.2, -0.15) is 0 Å². The van der Waals surface area contributed by atoms with Crippen LogP contribution in [0.4, 0.5) is 0 Å². The van der Waals surface area contributed by atoms with E-state index in [0.717, 1.165) is 5.56 Å². The fraction of sp³-hybridized carbons (Fsp3) is 0.500. The van der Waals surface area contributed by atoms with Crippen molar-refractivity contribution in [2.45, 2.75) is 30.2 Å². The van der Waals surface area contributed by atoms with Crippen LogP contribution < -0.4 is 0 Å². The molecule has 16 heavy (non-hydrogen) atoms. The second-order valence-corrected chi connectivity index (χ2v) is 5.05. The molecular weight excluding hydrogens is 272 g/mol. The minimum Gasteiger partial charge on any atom is -0.392 e. The van der Waals surface area contributed by atoms with E-state index in [1.807, 2.05) is 30.3 Å². The number of hydrogen-bond donors (Lipinski definition) is 1. The van der Waals surface area contributed by atoms with Crippen LogP contribution in [0.15, 0.2) is 30.3 Å². The number of alkyl halides is 1. The third-order valence-corrected chi connectivity index (χ3v) is 3.45. The summed E-state index contributed by atoms with van der Waals surface area (Å²) in [6.07, 6.45) is -0.179. The lowest BCUT2D eigenvalue weighted by Crippen LogP contribution is -2.38. The Balaban J connectivity index is 1.79. The zero-order valence-electron chi connectivity index (χ0n) is 8.88. The first-order valence-corrected chi connectivity index (χ1v) is 6.26. The van der Waals surface area contributed by atoms with E-state index < -0.39 is 6.10 Å². The van der Waals surface area contributed by atoms with Crippen molar-refractivity contribution in [1.82, 2.24) is 0 Å². The molecule has 0 aromatic heterocycles. The number of benzene rings is 1. The van der Waals surface area contributed by atoms with Crippen molar-refractivity contribution >= 4 is 15.9 Å². The summed E-state index contributed by atoms with van der Waals surface area (Å²) in [7, 11) is 0. The molecule has 3 unspecified atom stereocenters. The molecule has 0 amide bonds. The summed E-state index contributed by atoms with van der Waals surface area (Å²) >= 11 is 3.35. The Kier molecular flexibility index (Phi) is 4.35. The third-order valence-electron chi connectivity index (χ3n) is 2.57. The molecule has 1 saturated heterocycles. The largest absolute Gasteiger partial charge is 0.392 e. The fourth-order valence-electron chi connectivity index (χ4n) is 1.60.